The summed E-state index contributed by atoms with van der Waals surface area (Å²) in [4.78, 5) is 23.4. The molecule has 0 aliphatic carbocycles. The van der Waals surface area contributed by atoms with E-state index in [1.807, 2.05) is 0 Å². The fraction of sp³-hybridized carbons (Fsp3) is 0.400. The zero-order valence-electron chi connectivity index (χ0n) is 12.3. The fourth-order valence-corrected chi connectivity index (χ4v) is 2.25. The first-order chi connectivity index (χ1) is 10.6. The number of amides is 1. The molecule has 118 valence electrons. The molecule has 2 N–H and O–H groups in total. The van der Waals surface area contributed by atoms with E-state index < -0.39 is 4.92 Å². The average Bonchev–Trinajstić information content (AvgIpc) is 2.54. The van der Waals surface area contributed by atoms with Crippen molar-refractivity contribution in [2.45, 2.75) is 0 Å². The molecule has 0 bridgehead atoms. The zero-order valence-corrected chi connectivity index (χ0v) is 12.3. The first-order valence-electron chi connectivity index (χ1n) is 7.27. The van der Waals surface area contributed by atoms with Crippen molar-refractivity contribution in [2.75, 3.05) is 39.4 Å². The molecule has 7 heteroatoms. The summed E-state index contributed by atoms with van der Waals surface area (Å²) < 4.78 is 5.27. The molecule has 0 aromatic heterocycles. The standard InChI is InChI=1S/C15H19N3O4/c19-15(16-6-7-17-8-10-22-11-9-17)5-4-13-2-1-3-14(12-13)18(20)21/h1-5,12H,6-11H2,(H,16,19)/p+1/b5-4+. The summed E-state index contributed by atoms with van der Waals surface area (Å²) in [6.07, 6.45) is 2.97. The molecule has 1 aliphatic rings. The van der Waals surface area contributed by atoms with Gasteiger partial charge in [-0.25, -0.2) is 0 Å². The minimum Gasteiger partial charge on any atom is -0.370 e. The van der Waals surface area contributed by atoms with Crippen molar-refractivity contribution in [1.29, 1.82) is 0 Å². The van der Waals surface area contributed by atoms with Crippen LogP contribution in [-0.4, -0.2) is 50.2 Å². The van der Waals surface area contributed by atoms with Crippen molar-refractivity contribution in [3.8, 4) is 0 Å². The topological polar surface area (TPSA) is 85.9 Å². The first-order valence-corrected chi connectivity index (χ1v) is 7.27. The van der Waals surface area contributed by atoms with Gasteiger partial charge in [-0.05, 0) is 11.6 Å². The van der Waals surface area contributed by atoms with Crippen LogP contribution in [0.3, 0.4) is 0 Å². The second-order valence-corrected chi connectivity index (χ2v) is 5.09. The predicted molar refractivity (Wildman–Crippen MR) is 81.5 cm³/mol. The van der Waals surface area contributed by atoms with Crippen LogP contribution in [0.1, 0.15) is 5.56 Å². The number of nitro benzene ring substituents is 1. The summed E-state index contributed by atoms with van der Waals surface area (Å²) in [5, 5.41) is 13.5. The maximum atomic E-state index is 11.7. The largest absolute Gasteiger partial charge is 0.370 e. The fourth-order valence-electron chi connectivity index (χ4n) is 2.25. The van der Waals surface area contributed by atoms with Crippen LogP contribution < -0.4 is 10.2 Å². The van der Waals surface area contributed by atoms with Gasteiger partial charge in [0.2, 0.25) is 5.91 Å². The Kier molecular flexibility index (Phi) is 6.05. The van der Waals surface area contributed by atoms with Crippen LogP contribution in [0.4, 0.5) is 5.69 Å². The van der Waals surface area contributed by atoms with E-state index in [0.717, 1.165) is 32.8 Å². The van der Waals surface area contributed by atoms with Crippen LogP contribution in [0.5, 0.6) is 0 Å². The van der Waals surface area contributed by atoms with Crippen molar-refractivity contribution in [3.05, 3.63) is 46.0 Å². The molecule has 1 aliphatic heterocycles. The second kappa shape index (κ2) is 8.26. The SMILES string of the molecule is O=C(/C=C/c1cccc([N+](=O)[O-])c1)NCC[NH+]1CCOCC1. The Hall–Kier alpha value is -2.25. The predicted octanol–water partition coefficient (Wildman–Crippen LogP) is -0.361. The molecule has 1 saturated heterocycles. The van der Waals surface area contributed by atoms with Crippen LogP contribution in [0.25, 0.3) is 6.08 Å². The molecule has 0 atom stereocenters. The van der Waals surface area contributed by atoms with Crippen LogP contribution in [0.15, 0.2) is 30.3 Å². The minimum absolute atomic E-state index is 0.0125. The van der Waals surface area contributed by atoms with Gasteiger partial charge >= 0.3 is 0 Å². The van der Waals surface area contributed by atoms with Crippen LogP contribution in [0.2, 0.25) is 0 Å². The molecule has 1 aromatic rings. The number of ether oxygens (including phenoxy) is 1. The number of nitrogens with one attached hydrogen (secondary N) is 2. The molecule has 0 saturated carbocycles. The van der Waals surface area contributed by atoms with Gasteiger partial charge in [-0.2, -0.15) is 0 Å². The molecule has 1 heterocycles. The summed E-state index contributed by atoms with van der Waals surface area (Å²) in [5.41, 5.74) is 0.640. The highest BCUT2D eigenvalue weighted by Gasteiger charge is 2.12. The Morgan fingerprint density at radius 3 is 2.91 bits per heavy atom. The third kappa shape index (κ3) is 5.27. The number of non-ortho nitro benzene ring substituents is 1. The summed E-state index contributed by atoms with van der Waals surface area (Å²) in [5.74, 6) is -0.195. The third-order valence-corrected chi connectivity index (χ3v) is 3.49. The van der Waals surface area contributed by atoms with Crippen molar-refractivity contribution in [1.82, 2.24) is 5.32 Å². The summed E-state index contributed by atoms with van der Waals surface area (Å²) in [7, 11) is 0. The Morgan fingerprint density at radius 1 is 1.41 bits per heavy atom. The van der Waals surface area contributed by atoms with Crippen LogP contribution in [0, 0.1) is 10.1 Å². The van der Waals surface area contributed by atoms with E-state index in [-0.39, 0.29) is 11.6 Å². The lowest BCUT2D eigenvalue weighted by Crippen LogP contribution is -3.14. The van der Waals surface area contributed by atoms with E-state index in [2.05, 4.69) is 5.32 Å². The van der Waals surface area contributed by atoms with E-state index in [4.69, 9.17) is 4.74 Å². The number of quaternary nitrogens is 1. The van der Waals surface area contributed by atoms with Gasteiger partial charge in [0.25, 0.3) is 5.69 Å². The molecule has 0 unspecified atom stereocenters. The molecule has 2 rings (SSSR count). The number of rotatable bonds is 6. The average molecular weight is 306 g/mol. The molecular weight excluding hydrogens is 286 g/mol. The first kappa shape index (κ1) is 16.1. The summed E-state index contributed by atoms with van der Waals surface area (Å²) in [6.45, 7) is 4.97. The molecule has 0 radical (unpaired) electrons. The number of nitrogens with zero attached hydrogens (tertiary/aromatic N) is 1. The second-order valence-electron chi connectivity index (χ2n) is 5.09. The Morgan fingerprint density at radius 2 is 2.18 bits per heavy atom. The van der Waals surface area contributed by atoms with Gasteiger partial charge in [0.1, 0.15) is 13.1 Å². The van der Waals surface area contributed by atoms with E-state index in [0.29, 0.717) is 12.1 Å². The molecule has 22 heavy (non-hydrogen) atoms. The van der Waals surface area contributed by atoms with Crippen LogP contribution >= 0.6 is 0 Å². The smallest absolute Gasteiger partial charge is 0.270 e. The van der Waals surface area contributed by atoms with E-state index in [9.17, 15) is 14.9 Å². The van der Waals surface area contributed by atoms with Gasteiger partial charge in [-0.15, -0.1) is 0 Å². The number of benzene rings is 1. The monoisotopic (exact) mass is 306 g/mol. The lowest BCUT2D eigenvalue weighted by molar-refractivity contribution is -0.906. The van der Waals surface area contributed by atoms with Gasteiger partial charge < -0.3 is 15.0 Å². The third-order valence-electron chi connectivity index (χ3n) is 3.49. The van der Waals surface area contributed by atoms with Gasteiger partial charge in [0.05, 0.1) is 31.2 Å². The Labute approximate surface area is 128 Å². The maximum absolute atomic E-state index is 11.7. The zero-order chi connectivity index (χ0) is 15.8. The van der Waals surface area contributed by atoms with Crippen LogP contribution in [-0.2, 0) is 9.53 Å². The Bertz CT molecular complexity index is 553. The van der Waals surface area contributed by atoms with Crippen molar-refractivity contribution in [3.63, 3.8) is 0 Å². The van der Waals surface area contributed by atoms with Crippen molar-refractivity contribution >= 4 is 17.7 Å². The minimum atomic E-state index is -0.456. The number of morpholine rings is 1. The molecule has 1 amide bonds. The van der Waals surface area contributed by atoms with E-state index >= 15 is 0 Å². The molecule has 7 nitrogen and oxygen atoms in total. The molecule has 0 spiro atoms. The quantitative estimate of drug-likeness (QED) is 0.427. The lowest BCUT2D eigenvalue weighted by Gasteiger charge is -2.23. The molecule has 1 aromatic carbocycles. The van der Waals surface area contributed by atoms with E-state index in [1.54, 1.807) is 18.2 Å². The van der Waals surface area contributed by atoms with Gasteiger partial charge in [-0.3, -0.25) is 14.9 Å². The van der Waals surface area contributed by atoms with E-state index in [1.165, 1.54) is 23.1 Å². The number of carbonyl (C=O) groups is 1. The van der Waals surface area contributed by atoms with Gasteiger partial charge in [-0.1, -0.05) is 12.1 Å². The summed E-state index contributed by atoms with van der Waals surface area (Å²) in [6, 6.07) is 6.16. The highest BCUT2D eigenvalue weighted by Crippen LogP contribution is 2.13. The highest BCUT2D eigenvalue weighted by atomic mass is 16.6. The Balaban J connectivity index is 1.76. The lowest BCUT2D eigenvalue weighted by atomic mass is 10.2. The normalized spacial score (nSPS) is 15.8. The maximum Gasteiger partial charge on any atom is 0.270 e. The number of hydrogen-bond donors (Lipinski definition) is 2. The van der Waals surface area contributed by atoms with Gasteiger partial charge in [0.15, 0.2) is 0 Å². The highest BCUT2D eigenvalue weighted by molar-refractivity contribution is 5.91. The summed E-state index contributed by atoms with van der Waals surface area (Å²) >= 11 is 0. The van der Waals surface area contributed by atoms with Crippen molar-refractivity contribution < 1.29 is 19.4 Å². The molecule has 1 fully saturated rings. The van der Waals surface area contributed by atoms with Gasteiger partial charge in [0, 0.05) is 18.2 Å². The molecular formula is C15H20N3O4+. The van der Waals surface area contributed by atoms with Crippen molar-refractivity contribution in [2.24, 2.45) is 0 Å². The number of carbonyl (C=O) groups excluding carboxylic acids is 1. The number of hydrogen-bond acceptors (Lipinski definition) is 4. The number of nitro groups is 1.